The molecule has 0 aliphatic heterocycles. The number of thiophene rings is 1. The molecule has 0 bridgehead atoms. The first-order chi connectivity index (χ1) is 9.29. The van der Waals surface area contributed by atoms with E-state index in [1.807, 2.05) is 30.3 Å². The fourth-order valence-corrected chi connectivity index (χ4v) is 2.59. The first-order valence-corrected chi connectivity index (χ1v) is 7.05. The van der Waals surface area contributed by atoms with Crippen molar-refractivity contribution in [2.45, 2.75) is 20.0 Å². The molecule has 0 fully saturated rings. The predicted octanol–water partition coefficient (Wildman–Crippen LogP) is 3.25. The average molecular weight is 272 g/mol. The zero-order valence-corrected chi connectivity index (χ0v) is 11.7. The van der Waals surface area contributed by atoms with E-state index < -0.39 is 0 Å². The van der Waals surface area contributed by atoms with Crippen molar-refractivity contribution in [1.82, 2.24) is 5.32 Å². The van der Waals surface area contributed by atoms with Gasteiger partial charge < -0.3 is 10.1 Å². The molecule has 0 amide bonds. The Bertz CT molecular complexity index is 554. The molecule has 0 aliphatic carbocycles. The fraction of sp³-hybridized carbons (Fsp3) is 0.267. The summed E-state index contributed by atoms with van der Waals surface area (Å²) in [5.41, 5.74) is 3.91. The molecule has 0 spiro atoms. The van der Waals surface area contributed by atoms with Crippen LogP contribution in [0.25, 0.3) is 0 Å². The molecular weight excluding hydrogens is 256 g/mol. The van der Waals surface area contributed by atoms with E-state index in [1.54, 1.807) is 11.3 Å². The summed E-state index contributed by atoms with van der Waals surface area (Å²) in [5.74, 6) is 0.735. The van der Waals surface area contributed by atoms with E-state index in [4.69, 9.17) is 10.00 Å². The van der Waals surface area contributed by atoms with Crippen LogP contribution in [0.4, 0.5) is 0 Å². The number of nitrogens with zero attached hydrogens (tertiary/aromatic N) is 1. The van der Waals surface area contributed by atoms with E-state index in [0.29, 0.717) is 0 Å². The molecule has 1 heterocycles. The highest BCUT2D eigenvalue weighted by molar-refractivity contribution is 7.08. The molecule has 0 aliphatic rings. The van der Waals surface area contributed by atoms with Crippen LogP contribution in [0.3, 0.4) is 0 Å². The van der Waals surface area contributed by atoms with Gasteiger partial charge in [-0.1, -0.05) is 12.1 Å². The van der Waals surface area contributed by atoms with E-state index in [-0.39, 0.29) is 6.61 Å². The zero-order chi connectivity index (χ0) is 13.5. The molecule has 0 saturated heterocycles. The fourth-order valence-electron chi connectivity index (χ4n) is 1.73. The topological polar surface area (TPSA) is 45.0 Å². The lowest BCUT2D eigenvalue weighted by Crippen LogP contribution is -2.12. The number of nitriles is 1. The molecule has 19 heavy (non-hydrogen) atoms. The van der Waals surface area contributed by atoms with Gasteiger partial charge in [0.25, 0.3) is 0 Å². The van der Waals surface area contributed by atoms with Gasteiger partial charge in [-0.3, -0.25) is 0 Å². The number of benzene rings is 1. The van der Waals surface area contributed by atoms with Crippen LogP contribution < -0.4 is 10.1 Å². The van der Waals surface area contributed by atoms with E-state index in [0.717, 1.165) is 18.8 Å². The van der Waals surface area contributed by atoms with Gasteiger partial charge in [0.15, 0.2) is 6.61 Å². The van der Waals surface area contributed by atoms with Crippen LogP contribution in [0.2, 0.25) is 0 Å². The standard InChI is InChI=1S/C15H16N2OS/c1-12-10-19-11-14(12)9-17-8-13-2-4-15(5-3-13)18-7-6-16/h2-5,10-11,17H,7-9H2,1H3. The van der Waals surface area contributed by atoms with Gasteiger partial charge in [0.05, 0.1) is 0 Å². The van der Waals surface area contributed by atoms with Gasteiger partial charge in [-0.2, -0.15) is 16.6 Å². The van der Waals surface area contributed by atoms with Gasteiger partial charge in [0.1, 0.15) is 11.8 Å². The van der Waals surface area contributed by atoms with E-state index in [2.05, 4.69) is 23.0 Å². The summed E-state index contributed by atoms with van der Waals surface area (Å²) in [7, 11) is 0. The Balaban J connectivity index is 1.80. The molecule has 1 N–H and O–H groups in total. The second kappa shape index (κ2) is 6.93. The summed E-state index contributed by atoms with van der Waals surface area (Å²) in [6, 6.07) is 9.77. The third-order valence-electron chi connectivity index (χ3n) is 2.83. The Hall–Kier alpha value is -1.83. The summed E-state index contributed by atoms with van der Waals surface area (Å²) in [6.45, 7) is 3.94. The van der Waals surface area contributed by atoms with E-state index in [1.165, 1.54) is 16.7 Å². The lowest BCUT2D eigenvalue weighted by atomic mass is 10.2. The lowest BCUT2D eigenvalue weighted by molar-refractivity contribution is 0.368. The number of ether oxygens (including phenoxy) is 1. The molecular formula is C15H16N2OS. The molecule has 2 rings (SSSR count). The molecule has 2 aromatic rings. The summed E-state index contributed by atoms with van der Waals surface area (Å²) < 4.78 is 5.21. The summed E-state index contributed by atoms with van der Waals surface area (Å²) in [5, 5.41) is 16.2. The highest BCUT2D eigenvalue weighted by Crippen LogP contribution is 2.14. The van der Waals surface area contributed by atoms with Crippen molar-refractivity contribution in [1.29, 1.82) is 5.26 Å². The molecule has 1 aromatic heterocycles. The van der Waals surface area contributed by atoms with Crippen molar-refractivity contribution < 1.29 is 4.74 Å². The Morgan fingerprint density at radius 3 is 2.63 bits per heavy atom. The van der Waals surface area contributed by atoms with E-state index >= 15 is 0 Å². The maximum atomic E-state index is 8.43. The minimum atomic E-state index is 0.0923. The van der Waals surface area contributed by atoms with Crippen molar-refractivity contribution in [2.75, 3.05) is 6.61 Å². The molecule has 4 heteroatoms. The highest BCUT2D eigenvalue weighted by Gasteiger charge is 1.99. The maximum absolute atomic E-state index is 8.43. The Labute approximate surface area is 117 Å². The monoisotopic (exact) mass is 272 g/mol. The SMILES string of the molecule is Cc1cscc1CNCc1ccc(OCC#N)cc1. The molecule has 0 radical (unpaired) electrons. The van der Waals surface area contributed by atoms with Crippen LogP contribution in [-0.4, -0.2) is 6.61 Å². The molecule has 0 atom stereocenters. The maximum Gasteiger partial charge on any atom is 0.174 e. The van der Waals surface area contributed by atoms with Crippen molar-refractivity contribution >= 4 is 11.3 Å². The van der Waals surface area contributed by atoms with Crippen LogP contribution >= 0.6 is 11.3 Å². The van der Waals surface area contributed by atoms with Crippen LogP contribution in [0, 0.1) is 18.3 Å². The Kier molecular flexibility index (Phi) is 4.96. The van der Waals surface area contributed by atoms with Gasteiger partial charge >= 0.3 is 0 Å². The quantitative estimate of drug-likeness (QED) is 0.878. The van der Waals surface area contributed by atoms with Crippen LogP contribution in [-0.2, 0) is 13.1 Å². The molecule has 3 nitrogen and oxygen atoms in total. The second-order valence-electron chi connectivity index (χ2n) is 4.27. The third kappa shape index (κ3) is 4.09. The van der Waals surface area contributed by atoms with Crippen LogP contribution in [0.1, 0.15) is 16.7 Å². The summed E-state index contributed by atoms with van der Waals surface area (Å²) in [6.07, 6.45) is 0. The van der Waals surface area contributed by atoms with E-state index in [9.17, 15) is 0 Å². The molecule has 0 saturated carbocycles. The van der Waals surface area contributed by atoms with Crippen molar-refractivity contribution in [3.63, 3.8) is 0 Å². The van der Waals surface area contributed by atoms with Gasteiger partial charge in [-0.15, -0.1) is 0 Å². The average Bonchev–Trinajstić information content (AvgIpc) is 2.84. The van der Waals surface area contributed by atoms with Crippen LogP contribution in [0.15, 0.2) is 35.0 Å². The lowest BCUT2D eigenvalue weighted by Gasteiger charge is -2.06. The highest BCUT2D eigenvalue weighted by atomic mass is 32.1. The van der Waals surface area contributed by atoms with Gasteiger partial charge in [0.2, 0.25) is 0 Å². The predicted molar refractivity (Wildman–Crippen MR) is 77.1 cm³/mol. The first kappa shape index (κ1) is 13.6. The minimum absolute atomic E-state index is 0.0923. The molecule has 1 aromatic carbocycles. The summed E-state index contributed by atoms with van der Waals surface area (Å²) >= 11 is 1.74. The minimum Gasteiger partial charge on any atom is -0.479 e. The van der Waals surface area contributed by atoms with Gasteiger partial charge in [-0.05, 0) is 46.5 Å². The number of nitrogens with one attached hydrogen (secondary N) is 1. The molecule has 0 unspecified atom stereocenters. The summed E-state index contributed by atoms with van der Waals surface area (Å²) in [4.78, 5) is 0. The second-order valence-corrected chi connectivity index (χ2v) is 5.02. The van der Waals surface area contributed by atoms with Crippen molar-refractivity contribution in [2.24, 2.45) is 0 Å². The Morgan fingerprint density at radius 2 is 2.00 bits per heavy atom. The number of hydrogen-bond donors (Lipinski definition) is 1. The van der Waals surface area contributed by atoms with Gasteiger partial charge in [-0.25, -0.2) is 0 Å². The van der Waals surface area contributed by atoms with Crippen molar-refractivity contribution in [3.8, 4) is 11.8 Å². The smallest absolute Gasteiger partial charge is 0.174 e. The third-order valence-corrected chi connectivity index (χ3v) is 3.74. The molecule has 98 valence electrons. The first-order valence-electron chi connectivity index (χ1n) is 6.10. The number of hydrogen-bond acceptors (Lipinski definition) is 4. The zero-order valence-electron chi connectivity index (χ0n) is 10.8. The van der Waals surface area contributed by atoms with Gasteiger partial charge in [0, 0.05) is 13.1 Å². The normalized spacial score (nSPS) is 10.1. The van der Waals surface area contributed by atoms with Crippen LogP contribution in [0.5, 0.6) is 5.75 Å². The largest absolute Gasteiger partial charge is 0.479 e. The van der Waals surface area contributed by atoms with Crippen molar-refractivity contribution in [3.05, 3.63) is 51.7 Å². The number of aryl methyl sites for hydroxylation is 1. The Morgan fingerprint density at radius 1 is 1.21 bits per heavy atom. The number of rotatable bonds is 6.